The number of likely N-dealkylation sites (tertiary alicyclic amines) is 1. The summed E-state index contributed by atoms with van der Waals surface area (Å²) in [7, 11) is 3.44. The number of nitrogens with one attached hydrogen (secondary N) is 2. The van der Waals surface area contributed by atoms with E-state index < -0.39 is 29.6 Å². The molecular formula is C47H63N7O7S. The standard InChI is InChI=1S/C47H63N7O7S/c1-9-53-36-16-10-13-31-35-25-62-44(49-35)42(60-22-21-52-20-17-30(24-52)59-8)40(50-43(55)37-27(2)28(37)3)45(56)54-19-12-15-34(51-54)46(57)61-26-47(5,6)23-33(38(31)36)41(53)32-14-11-18-48-39(32)29(4)58-7/h10-11,13-14,16,18,25,27-30,34,37,40,42,51H,9,12,15,17,19-24,26H2,1-8H3,(H,50,55)/t27-,28+,29-,30-,34-,37?,40-,42-/m0/s1. The fourth-order valence-electron chi connectivity index (χ4n) is 9.75. The van der Waals surface area contributed by atoms with Crippen molar-refractivity contribution in [2.75, 3.05) is 53.6 Å². The summed E-state index contributed by atoms with van der Waals surface area (Å²) in [4.78, 5) is 55.4. The van der Waals surface area contributed by atoms with Crippen LogP contribution in [-0.4, -0.2) is 114 Å². The van der Waals surface area contributed by atoms with E-state index in [1.165, 1.54) is 16.3 Å². The number of pyridine rings is 1. The van der Waals surface area contributed by atoms with Crippen LogP contribution in [-0.2, 0) is 46.3 Å². The van der Waals surface area contributed by atoms with Gasteiger partial charge in [0.15, 0.2) is 0 Å². The van der Waals surface area contributed by atoms with Gasteiger partial charge in [-0.05, 0) is 75.1 Å². The lowest BCUT2D eigenvalue weighted by Gasteiger charge is -2.37. The molecule has 6 heterocycles. The Hall–Kier alpha value is -4.25. The lowest BCUT2D eigenvalue weighted by molar-refractivity contribution is -0.157. The molecule has 2 saturated heterocycles. The minimum Gasteiger partial charge on any atom is -0.464 e. The Balaban J connectivity index is 1.29. The van der Waals surface area contributed by atoms with Crippen LogP contribution < -0.4 is 10.7 Å². The van der Waals surface area contributed by atoms with E-state index in [0.717, 1.165) is 64.2 Å². The molecule has 0 spiro atoms. The smallest absolute Gasteiger partial charge is 0.324 e. The van der Waals surface area contributed by atoms with E-state index in [-0.39, 0.29) is 48.4 Å². The molecule has 4 aliphatic rings. The first-order valence-corrected chi connectivity index (χ1v) is 23.2. The number of carbonyl (C=O) groups is 3. The van der Waals surface area contributed by atoms with Crippen LogP contribution in [0, 0.1) is 23.2 Å². The molecule has 1 aromatic carbocycles. The average Bonchev–Trinajstić information content (AvgIpc) is 3.74. The molecule has 8 rings (SSSR count). The number of hydrazine groups is 1. The second-order valence-electron chi connectivity index (χ2n) is 18.4. The number of amides is 2. The molecule has 2 N–H and O–H groups in total. The number of nitrogens with zero attached hydrogens (tertiary/aromatic N) is 5. The molecular weight excluding hydrogens is 807 g/mol. The number of esters is 1. The lowest BCUT2D eigenvalue weighted by atomic mass is 9.83. The van der Waals surface area contributed by atoms with Gasteiger partial charge in [-0.2, -0.15) is 0 Å². The van der Waals surface area contributed by atoms with Crippen molar-refractivity contribution in [1.82, 2.24) is 35.2 Å². The van der Waals surface area contributed by atoms with Crippen LogP contribution in [0.15, 0.2) is 41.9 Å². The Morgan fingerprint density at radius 2 is 1.89 bits per heavy atom. The molecule has 0 radical (unpaired) electrons. The molecule has 4 bridgehead atoms. The summed E-state index contributed by atoms with van der Waals surface area (Å²) >= 11 is 1.43. The zero-order valence-corrected chi connectivity index (χ0v) is 38.3. The molecule has 3 aromatic heterocycles. The van der Waals surface area contributed by atoms with Crippen molar-refractivity contribution < 1.29 is 33.3 Å². The molecule has 334 valence electrons. The van der Waals surface area contributed by atoms with Crippen molar-refractivity contribution in [1.29, 1.82) is 0 Å². The minimum atomic E-state index is -1.12. The zero-order chi connectivity index (χ0) is 43.9. The van der Waals surface area contributed by atoms with Gasteiger partial charge in [0.25, 0.3) is 5.91 Å². The second-order valence-corrected chi connectivity index (χ2v) is 19.3. The van der Waals surface area contributed by atoms with E-state index in [1.54, 1.807) is 20.4 Å². The van der Waals surface area contributed by atoms with Crippen LogP contribution in [0.3, 0.4) is 0 Å². The number of thiazole rings is 1. The molecule has 62 heavy (non-hydrogen) atoms. The number of methoxy groups -OCH3 is 2. The summed E-state index contributed by atoms with van der Waals surface area (Å²) in [6.45, 7) is 16.3. The van der Waals surface area contributed by atoms with Gasteiger partial charge in [-0.15, -0.1) is 11.3 Å². The fourth-order valence-corrected chi connectivity index (χ4v) is 10.7. The molecule has 4 aromatic rings. The minimum absolute atomic E-state index is 0.155. The molecule has 14 nitrogen and oxygen atoms in total. The van der Waals surface area contributed by atoms with Gasteiger partial charge in [-0.1, -0.05) is 39.8 Å². The van der Waals surface area contributed by atoms with E-state index in [1.807, 2.05) is 18.4 Å². The summed E-state index contributed by atoms with van der Waals surface area (Å²) in [5, 5.41) is 8.32. The molecule has 1 aliphatic carbocycles. The Bertz CT molecular complexity index is 2270. The fraction of sp³-hybridized carbons (Fsp3) is 0.596. The van der Waals surface area contributed by atoms with Gasteiger partial charge in [0.1, 0.15) is 23.2 Å². The Labute approximate surface area is 369 Å². The highest BCUT2D eigenvalue weighted by atomic mass is 32.1. The van der Waals surface area contributed by atoms with Crippen LogP contribution in [0.5, 0.6) is 0 Å². The first-order chi connectivity index (χ1) is 29.8. The van der Waals surface area contributed by atoms with Crippen LogP contribution in [0.25, 0.3) is 33.4 Å². The van der Waals surface area contributed by atoms with Crippen LogP contribution >= 0.6 is 11.3 Å². The van der Waals surface area contributed by atoms with Gasteiger partial charge in [0, 0.05) is 91.9 Å². The largest absolute Gasteiger partial charge is 0.464 e. The first-order valence-electron chi connectivity index (χ1n) is 22.3. The highest BCUT2D eigenvalue weighted by Gasteiger charge is 2.50. The highest BCUT2D eigenvalue weighted by molar-refractivity contribution is 7.10. The number of hydrogen-bond donors (Lipinski definition) is 2. The third-order valence-electron chi connectivity index (χ3n) is 13.6. The topological polar surface area (TPSA) is 149 Å². The molecule has 8 atom stereocenters. The molecule has 1 saturated carbocycles. The van der Waals surface area contributed by atoms with Gasteiger partial charge in [-0.3, -0.25) is 29.3 Å². The second kappa shape index (κ2) is 18.5. The van der Waals surface area contributed by atoms with Crippen molar-refractivity contribution in [3.8, 4) is 22.5 Å². The van der Waals surface area contributed by atoms with E-state index in [4.69, 9.17) is 28.9 Å². The Morgan fingerprint density at radius 3 is 2.61 bits per heavy atom. The van der Waals surface area contributed by atoms with Gasteiger partial charge in [-0.25, -0.2) is 10.4 Å². The predicted molar refractivity (Wildman–Crippen MR) is 238 cm³/mol. The van der Waals surface area contributed by atoms with E-state index in [2.05, 4.69) is 79.1 Å². The number of aromatic nitrogens is 3. The van der Waals surface area contributed by atoms with Crippen LogP contribution in [0.4, 0.5) is 0 Å². The highest BCUT2D eigenvalue weighted by Crippen LogP contribution is 2.47. The van der Waals surface area contributed by atoms with Crippen molar-refractivity contribution in [3.63, 3.8) is 0 Å². The zero-order valence-electron chi connectivity index (χ0n) is 37.4. The maximum atomic E-state index is 15.0. The van der Waals surface area contributed by atoms with Crippen LogP contribution in [0.2, 0.25) is 0 Å². The summed E-state index contributed by atoms with van der Waals surface area (Å²) in [5.74, 6) is -0.800. The number of cyclic esters (lactones) is 1. The SMILES string of the molecule is CCn1c(-c2cccnc2[C@H](C)OC)c2c3c(cccc31)-c1csc(n1)[C@@H](OCCN1CC[C@H](OC)C1)[C@H](NC(=O)C1[C@@H](C)[C@H]1C)C(=O)N1CCC[C@H](N1)C(=O)OCC(C)(C)C2. The Morgan fingerprint density at radius 1 is 1.10 bits per heavy atom. The number of ether oxygens (including phenoxy) is 4. The van der Waals surface area contributed by atoms with E-state index in [9.17, 15) is 14.4 Å². The lowest BCUT2D eigenvalue weighted by Crippen LogP contribution is -2.61. The van der Waals surface area contributed by atoms with Crippen LogP contribution in [0.1, 0.15) is 89.3 Å². The number of carbonyl (C=O) groups excluding carboxylic acids is 3. The monoisotopic (exact) mass is 869 g/mol. The number of hydrogen-bond acceptors (Lipinski definition) is 12. The van der Waals surface area contributed by atoms with E-state index >= 15 is 0 Å². The summed E-state index contributed by atoms with van der Waals surface area (Å²) < 4.78 is 26.8. The third-order valence-corrected chi connectivity index (χ3v) is 14.5. The molecule has 3 aliphatic heterocycles. The number of benzene rings is 1. The number of rotatable bonds is 11. The van der Waals surface area contributed by atoms with Gasteiger partial charge in [0.05, 0.1) is 42.5 Å². The first kappa shape index (κ1) is 44.4. The quantitative estimate of drug-likeness (QED) is 0.163. The maximum Gasteiger partial charge on any atom is 0.324 e. The van der Waals surface area contributed by atoms with Crippen molar-refractivity contribution in [2.45, 2.75) is 104 Å². The average molecular weight is 870 g/mol. The molecule has 3 fully saturated rings. The van der Waals surface area contributed by atoms with Gasteiger partial charge < -0.3 is 28.8 Å². The summed E-state index contributed by atoms with van der Waals surface area (Å²) in [5.41, 5.74) is 9.37. The predicted octanol–water partition coefficient (Wildman–Crippen LogP) is 6.34. The van der Waals surface area contributed by atoms with Gasteiger partial charge >= 0.3 is 5.97 Å². The van der Waals surface area contributed by atoms with Gasteiger partial charge in [0.2, 0.25) is 5.91 Å². The molecule has 1 unspecified atom stereocenters. The normalized spacial score (nSPS) is 27.2. The number of aryl methyl sites for hydroxylation is 1. The van der Waals surface area contributed by atoms with Crippen molar-refractivity contribution in [3.05, 3.63) is 58.2 Å². The Kier molecular flexibility index (Phi) is 13.2. The summed E-state index contributed by atoms with van der Waals surface area (Å²) in [6.07, 6.45) is 3.39. The molecule has 15 heteroatoms. The molecule has 2 amide bonds. The number of fused-ring (bicyclic) bond motifs is 5. The summed E-state index contributed by atoms with van der Waals surface area (Å²) in [6, 6.07) is 8.53. The maximum absolute atomic E-state index is 15.0. The van der Waals surface area contributed by atoms with Crippen molar-refractivity contribution >= 4 is 40.0 Å². The third kappa shape index (κ3) is 8.81. The van der Waals surface area contributed by atoms with Crippen molar-refractivity contribution in [2.24, 2.45) is 23.2 Å². The van der Waals surface area contributed by atoms with E-state index in [0.29, 0.717) is 50.5 Å².